The van der Waals surface area contributed by atoms with E-state index in [1.807, 2.05) is 0 Å². The average molecular weight is 1360 g/mol. The van der Waals surface area contributed by atoms with E-state index in [1.54, 1.807) is 130 Å². The van der Waals surface area contributed by atoms with Gasteiger partial charge in [0.05, 0.1) is 73.5 Å². The van der Waals surface area contributed by atoms with Crippen molar-refractivity contribution in [1.29, 1.82) is 0 Å². The van der Waals surface area contributed by atoms with E-state index >= 15 is 0 Å². The summed E-state index contributed by atoms with van der Waals surface area (Å²) in [5.41, 5.74) is 12.0. The van der Waals surface area contributed by atoms with Crippen molar-refractivity contribution in [2.75, 3.05) is 28.4 Å². The Labute approximate surface area is 554 Å². The number of hydrogen-bond acceptors (Lipinski definition) is 8. The van der Waals surface area contributed by atoms with Crippen LogP contribution in [0, 0.1) is 13.8 Å². The van der Waals surface area contributed by atoms with Crippen LogP contribution in [-0.2, 0) is 37.8 Å². The molecular formula is C74H60F12N6O6. The Bertz CT molecular complexity index is 4230. The Kier molecular flexibility index (Phi) is 21.3. The minimum atomic E-state index is -5.06. The number of nitrogens with zero attached hydrogens (tertiary/aromatic N) is 4. The van der Waals surface area contributed by atoms with Gasteiger partial charge in [0.25, 0.3) is 0 Å². The van der Waals surface area contributed by atoms with Gasteiger partial charge >= 0.3 is 24.7 Å². The van der Waals surface area contributed by atoms with Crippen molar-refractivity contribution in [2.45, 2.75) is 51.6 Å². The SMILES string of the molecule is COc1ccc(-c2nc(-c3cc(C(F)(F)F)cc(C(F)(F)F)c3)n(Cc3ccc(C(N)=O)cc3)c2-c2ccc(OC)cc2)cc1.COc1ccc(-c2nc(-c3cc(C(F)(F)F)cc(C(F)(F)F)c3)n(Cc3ccc(C(N)=O)cc3)c2-c2ccc(OC)cc2)cc1.Cc1ccc(C)cc1. The lowest BCUT2D eigenvalue weighted by Gasteiger charge is -2.17. The molecule has 0 saturated carbocycles. The van der Waals surface area contributed by atoms with Gasteiger partial charge in [-0.3, -0.25) is 9.59 Å². The number of hydrogen-bond donors (Lipinski definition) is 2. The van der Waals surface area contributed by atoms with Gasteiger partial charge in [-0.1, -0.05) is 59.7 Å². The maximum absolute atomic E-state index is 13.9. The molecule has 0 aliphatic carbocycles. The zero-order valence-corrected chi connectivity index (χ0v) is 53.0. The number of ether oxygens (including phenoxy) is 4. The van der Waals surface area contributed by atoms with Gasteiger partial charge in [0, 0.05) is 57.6 Å². The highest BCUT2D eigenvalue weighted by molar-refractivity contribution is 5.93. The third kappa shape index (κ3) is 17.0. The Morgan fingerprint density at radius 3 is 0.816 bits per heavy atom. The largest absolute Gasteiger partial charge is 0.497 e. The van der Waals surface area contributed by atoms with Crippen molar-refractivity contribution in [3.8, 4) is 90.8 Å². The molecule has 11 aromatic rings. The van der Waals surface area contributed by atoms with Crippen LogP contribution in [0.5, 0.6) is 23.0 Å². The lowest BCUT2D eigenvalue weighted by Crippen LogP contribution is -2.12. The molecule has 0 bridgehead atoms. The zero-order valence-electron chi connectivity index (χ0n) is 53.0. The number of halogens is 12. The highest BCUT2D eigenvalue weighted by Gasteiger charge is 2.40. The van der Waals surface area contributed by atoms with Crippen molar-refractivity contribution >= 4 is 11.8 Å². The highest BCUT2D eigenvalue weighted by atomic mass is 19.4. The lowest BCUT2D eigenvalue weighted by atomic mass is 10.0. The normalized spacial score (nSPS) is 11.6. The molecule has 0 atom stereocenters. The molecule has 0 spiro atoms. The van der Waals surface area contributed by atoms with Crippen LogP contribution in [0.1, 0.15) is 65.2 Å². The molecule has 0 saturated heterocycles. The van der Waals surface area contributed by atoms with Crippen molar-refractivity contribution in [2.24, 2.45) is 11.5 Å². The molecule has 2 aromatic heterocycles. The van der Waals surface area contributed by atoms with Crippen LogP contribution < -0.4 is 30.4 Å². The van der Waals surface area contributed by atoms with E-state index in [4.69, 9.17) is 40.4 Å². The summed E-state index contributed by atoms with van der Waals surface area (Å²) in [5.74, 6) is 0.544. The van der Waals surface area contributed by atoms with E-state index in [1.165, 1.54) is 63.8 Å². The fourth-order valence-corrected chi connectivity index (χ4v) is 10.4. The molecular weight excluding hydrogens is 1300 g/mol. The molecule has 2 heterocycles. The number of carbonyl (C=O) groups excluding carboxylic acids is 2. The van der Waals surface area contributed by atoms with Crippen LogP contribution in [0.25, 0.3) is 67.8 Å². The number of carbonyl (C=O) groups is 2. The quantitative estimate of drug-likeness (QED) is 0.0905. The van der Waals surface area contributed by atoms with Crippen LogP contribution >= 0.6 is 0 Å². The standard InChI is InChI=1S/2C33H25F6N3O3.C8H10/c2*1-44-26-11-7-20(8-12-26)28-29(21-9-13-27(45-2)14-10-21)42(18-19-3-5-22(6-4-19)30(40)43)31(41-28)23-15-24(32(34,35)36)17-25(16-23)33(37,38)39;1-7-3-5-8(2)6-4-7/h2*3-17H,18H2,1-2H3,(H2,40,43);3-6H,1-2H3. The molecule has 0 aliphatic heterocycles. The maximum atomic E-state index is 13.9. The zero-order chi connectivity index (χ0) is 71.0. The predicted molar refractivity (Wildman–Crippen MR) is 347 cm³/mol. The number of alkyl halides is 12. The van der Waals surface area contributed by atoms with E-state index in [2.05, 4.69) is 38.1 Å². The molecule has 24 heteroatoms. The monoisotopic (exact) mass is 1360 g/mol. The molecule has 0 unspecified atom stereocenters. The van der Waals surface area contributed by atoms with Gasteiger partial charge in [-0.2, -0.15) is 52.7 Å². The first-order chi connectivity index (χ1) is 46.3. The van der Waals surface area contributed by atoms with Gasteiger partial charge in [-0.25, -0.2) is 9.97 Å². The Morgan fingerprint density at radius 1 is 0.347 bits per heavy atom. The van der Waals surface area contributed by atoms with Crippen molar-refractivity contribution < 1.29 is 81.2 Å². The number of aromatic nitrogens is 4. The predicted octanol–water partition coefficient (Wildman–Crippen LogP) is 18.5. The molecule has 506 valence electrons. The summed E-state index contributed by atoms with van der Waals surface area (Å²) >= 11 is 0. The number of primary amides is 2. The summed E-state index contributed by atoms with van der Waals surface area (Å²) in [7, 11) is 5.95. The number of benzene rings is 9. The fourth-order valence-electron chi connectivity index (χ4n) is 10.4. The first kappa shape index (κ1) is 71.0. The molecule has 2 amide bonds. The van der Waals surface area contributed by atoms with E-state index in [9.17, 15) is 62.3 Å². The van der Waals surface area contributed by atoms with E-state index in [-0.39, 0.29) is 59.1 Å². The summed E-state index contributed by atoms with van der Waals surface area (Å²) in [5, 5.41) is 0. The van der Waals surface area contributed by atoms with E-state index in [0.717, 1.165) is 0 Å². The minimum absolute atomic E-state index is 0.0313. The first-order valence-corrected chi connectivity index (χ1v) is 29.5. The van der Waals surface area contributed by atoms with Crippen LogP contribution in [0.3, 0.4) is 0 Å². The Hall–Kier alpha value is -11.3. The third-order valence-electron chi connectivity index (χ3n) is 15.5. The summed E-state index contributed by atoms with van der Waals surface area (Å²) in [6.07, 6.45) is -20.2. The topological polar surface area (TPSA) is 159 Å². The van der Waals surface area contributed by atoms with Gasteiger partial charge in [0.2, 0.25) is 11.8 Å². The number of imidazole rings is 2. The number of rotatable bonds is 16. The summed E-state index contributed by atoms with van der Waals surface area (Å²) in [6, 6.07) is 50.6. The Morgan fingerprint density at radius 2 is 0.592 bits per heavy atom. The molecule has 0 radical (unpaired) electrons. The molecule has 0 aliphatic rings. The minimum Gasteiger partial charge on any atom is -0.497 e. The number of amides is 2. The van der Waals surface area contributed by atoms with Gasteiger partial charge in [0.15, 0.2) is 0 Å². The van der Waals surface area contributed by atoms with Gasteiger partial charge in [-0.05, 0) is 183 Å². The van der Waals surface area contributed by atoms with E-state index < -0.39 is 58.8 Å². The van der Waals surface area contributed by atoms with E-state index in [0.29, 0.717) is 103 Å². The number of nitrogens with two attached hydrogens (primary N) is 2. The average Bonchev–Trinajstić information content (AvgIpc) is 1.59. The van der Waals surface area contributed by atoms with Crippen molar-refractivity contribution in [3.05, 3.63) is 262 Å². The molecule has 9 aromatic carbocycles. The third-order valence-corrected chi connectivity index (χ3v) is 15.5. The highest BCUT2D eigenvalue weighted by Crippen LogP contribution is 2.45. The van der Waals surface area contributed by atoms with Crippen molar-refractivity contribution in [1.82, 2.24) is 19.1 Å². The second-order valence-electron chi connectivity index (χ2n) is 22.2. The lowest BCUT2D eigenvalue weighted by molar-refractivity contribution is -0.144. The summed E-state index contributed by atoms with van der Waals surface area (Å²) in [6.45, 7) is 4.13. The van der Waals surface area contributed by atoms with Crippen LogP contribution in [-0.4, -0.2) is 59.4 Å². The van der Waals surface area contributed by atoms with Crippen LogP contribution in [0.4, 0.5) is 52.7 Å². The second-order valence-corrected chi connectivity index (χ2v) is 22.2. The van der Waals surface area contributed by atoms with Crippen LogP contribution in [0.2, 0.25) is 0 Å². The number of aryl methyl sites for hydroxylation is 2. The molecule has 11 rings (SSSR count). The second kappa shape index (κ2) is 29.4. The van der Waals surface area contributed by atoms with Crippen molar-refractivity contribution in [3.63, 3.8) is 0 Å². The maximum Gasteiger partial charge on any atom is 0.416 e. The van der Waals surface area contributed by atoms with Gasteiger partial charge in [-0.15, -0.1) is 0 Å². The first-order valence-electron chi connectivity index (χ1n) is 29.5. The molecule has 12 nitrogen and oxygen atoms in total. The summed E-state index contributed by atoms with van der Waals surface area (Å²) < 4.78 is 191. The number of methoxy groups -OCH3 is 4. The molecule has 98 heavy (non-hydrogen) atoms. The fraction of sp³-hybridized carbons (Fsp3) is 0.162. The Balaban J connectivity index is 0.000000205. The smallest absolute Gasteiger partial charge is 0.416 e. The van der Waals surface area contributed by atoms with Crippen LogP contribution in [0.15, 0.2) is 206 Å². The van der Waals surface area contributed by atoms with Gasteiger partial charge < -0.3 is 39.5 Å². The van der Waals surface area contributed by atoms with Gasteiger partial charge in [0.1, 0.15) is 34.6 Å². The molecule has 4 N–H and O–H groups in total. The summed E-state index contributed by atoms with van der Waals surface area (Å²) in [4.78, 5) is 32.7. The molecule has 0 fully saturated rings.